The minimum atomic E-state index is -0.248. The summed E-state index contributed by atoms with van der Waals surface area (Å²) in [5.74, 6) is 0.0408. The zero-order valence-corrected chi connectivity index (χ0v) is 5.91. The van der Waals surface area contributed by atoms with Crippen LogP contribution in [0.1, 0.15) is 0 Å². The Morgan fingerprint density at radius 3 is 2.73 bits per heavy atom. The second-order valence-electron chi connectivity index (χ2n) is 2.08. The van der Waals surface area contributed by atoms with Gasteiger partial charge in [0.15, 0.2) is 0 Å². The molecule has 1 aromatic rings. The van der Waals surface area contributed by atoms with Crippen molar-refractivity contribution in [1.29, 1.82) is 0 Å². The van der Waals surface area contributed by atoms with Crippen molar-refractivity contribution in [2.24, 2.45) is 0 Å². The van der Waals surface area contributed by atoms with Gasteiger partial charge in [-0.25, -0.2) is 0 Å². The summed E-state index contributed by atoms with van der Waals surface area (Å²) in [5, 5.41) is 20.2. The van der Waals surface area contributed by atoms with Crippen LogP contribution in [0.25, 0.3) is 0 Å². The summed E-state index contributed by atoms with van der Waals surface area (Å²) >= 11 is 0. The minimum Gasteiger partial charge on any atom is -0.506 e. The van der Waals surface area contributed by atoms with E-state index in [9.17, 15) is 0 Å². The van der Waals surface area contributed by atoms with Gasteiger partial charge in [0.25, 0.3) is 0 Å². The Morgan fingerprint density at radius 1 is 1.45 bits per heavy atom. The lowest BCUT2D eigenvalue weighted by Crippen LogP contribution is -2.02. The Kier molecular flexibility index (Phi) is 2.18. The van der Waals surface area contributed by atoms with E-state index in [1.165, 1.54) is 6.07 Å². The van der Waals surface area contributed by atoms with Crippen molar-refractivity contribution in [2.75, 3.05) is 17.8 Å². The highest BCUT2D eigenvalue weighted by Crippen LogP contribution is 2.28. The van der Waals surface area contributed by atoms with Gasteiger partial charge < -0.3 is 21.3 Å². The number of benzene rings is 1. The predicted octanol–water partition coefficient (Wildman–Crippen LogP) is 0.336. The average molecular weight is 154 g/mol. The Bertz CT molecular complexity index is 230. The van der Waals surface area contributed by atoms with Crippen molar-refractivity contribution < 1.29 is 10.2 Å². The smallest absolute Gasteiger partial charge is 0.140 e. The third-order valence-electron chi connectivity index (χ3n) is 1.33. The molecule has 4 heteroatoms. The van der Waals surface area contributed by atoms with Crippen molar-refractivity contribution in [3.05, 3.63) is 18.2 Å². The number of aliphatic hydroxyl groups is 1. The number of aliphatic hydroxyl groups excluding tert-OH is 1. The SMILES string of the molecule is Nc1cccc(O)c1NCO. The van der Waals surface area contributed by atoms with E-state index in [0.717, 1.165) is 0 Å². The van der Waals surface area contributed by atoms with Crippen LogP contribution in [-0.2, 0) is 0 Å². The number of rotatable bonds is 2. The molecule has 0 heterocycles. The van der Waals surface area contributed by atoms with Gasteiger partial charge >= 0.3 is 0 Å². The zero-order chi connectivity index (χ0) is 8.27. The fourth-order valence-corrected chi connectivity index (χ4v) is 0.829. The first kappa shape index (κ1) is 7.68. The highest BCUT2D eigenvalue weighted by molar-refractivity contribution is 5.72. The van der Waals surface area contributed by atoms with Crippen LogP contribution in [0, 0.1) is 0 Å². The normalized spacial score (nSPS) is 9.55. The summed E-state index contributed by atoms with van der Waals surface area (Å²) < 4.78 is 0. The van der Waals surface area contributed by atoms with Crippen LogP contribution in [0.3, 0.4) is 0 Å². The maximum Gasteiger partial charge on any atom is 0.140 e. The number of nitrogen functional groups attached to an aromatic ring is 1. The molecule has 1 rings (SSSR count). The lowest BCUT2D eigenvalue weighted by atomic mass is 10.2. The van der Waals surface area contributed by atoms with Crippen LogP contribution in [0.2, 0.25) is 0 Å². The molecule has 0 bridgehead atoms. The molecular weight excluding hydrogens is 144 g/mol. The van der Waals surface area contributed by atoms with Crippen molar-refractivity contribution >= 4 is 11.4 Å². The second kappa shape index (κ2) is 3.12. The van der Waals surface area contributed by atoms with Gasteiger partial charge in [-0.15, -0.1) is 0 Å². The fraction of sp³-hybridized carbons (Fsp3) is 0.143. The average Bonchev–Trinajstić information content (AvgIpc) is 1.97. The summed E-state index contributed by atoms with van der Waals surface area (Å²) in [5.41, 5.74) is 6.26. The first-order valence-electron chi connectivity index (χ1n) is 3.18. The number of phenolic OH excluding ortho intramolecular Hbond substituents is 1. The maximum absolute atomic E-state index is 9.17. The Hall–Kier alpha value is -1.42. The Labute approximate surface area is 64.3 Å². The third-order valence-corrected chi connectivity index (χ3v) is 1.33. The van der Waals surface area contributed by atoms with Crippen LogP contribution in [0.15, 0.2) is 18.2 Å². The van der Waals surface area contributed by atoms with E-state index in [4.69, 9.17) is 15.9 Å². The van der Waals surface area contributed by atoms with Gasteiger partial charge in [0.05, 0.1) is 5.69 Å². The van der Waals surface area contributed by atoms with E-state index < -0.39 is 0 Å². The van der Waals surface area contributed by atoms with Crippen molar-refractivity contribution in [3.63, 3.8) is 0 Å². The van der Waals surface area contributed by atoms with Crippen molar-refractivity contribution in [1.82, 2.24) is 0 Å². The fourth-order valence-electron chi connectivity index (χ4n) is 0.829. The van der Waals surface area contributed by atoms with Gasteiger partial charge in [-0.1, -0.05) is 6.07 Å². The van der Waals surface area contributed by atoms with Gasteiger partial charge in [-0.05, 0) is 12.1 Å². The number of hydrogen-bond donors (Lipinski definition) is 4. The van der Waals surface area contributed by atoms with Gasteiger partial charge in [0.2, 0.25) is 0 Å². The summed E-state index contributed by atoms with van der Waals surface area (Å²) in [4.78, 5) is 0. The minimum absolute atomic E-state index is 0.0408. The lowest BCUT2D eigenvalue weighted by Gasteiger charge is -2.07. The van der Waals surface area contributed by atoms with E-state index in [0.29, 0.717) is 11.4 Å². The predicted molar refractivity (Wildman–Crippen MR) is 43.2 cm³/mol. The quantitative estimate of drug-likeness (QED) is 0.281. The lowest BCUT2D eigenvalue weighted by molar-refractivity contribution is 0.325. The number of anilines is 2. The van der Waals surface area contributed by atoms with Gasteiger partial charge in [-0.3, -0.25) is 0 Å². The van der Waals surface area contributed by atoms with Gasteiger partial charge in [0.1, 0.15) is 18.2 Å². The molecule has 0 aliphatic rings. The first-order valence-corrected chi connectivity index (χ1v) is 3.18. The van der Waals surface area contributed by atoms with Gasteiger partial charge in [0, 0.05) is 0 Å². The molecule has 0 aliphatic heterocycles. The summed E-state index contributed by atoms with van der Waals surface area (Å²) in [6.07, 6.45) is 0. The highest BCUT2D eigenvalue weighted by atomic mass is 16.3. The largest absolute Gasteiger partial charge is 0.506 e. The van der Waals surface area contributed by atoms with Crippen molar-refractivity contribution in [2.45, 2.75) is 0 Å². The number of phenols is 1. The molecule has 0 saturated carbocycles. The molecule has 0 spiro atoms. The van der Waals surface area contributed by atoms with Crippen molar-refractivity contribution in [3.8, 4) is 5.75 Å². The number of nitrogens with one attached hydrogen (secondary N) is 1. The molecule has 0 atom stereocenters. The molecule has 0 radical (unpaired) electrons. The molecule has 60 valence electrons. The summed E-state index contributed by atoms with van der Waals surface area (Å²) in [7, 11) is 0. The molecule has 0 fully saturated rings. The Balaban J connectivity index is 3.00. The number of para-hydroxylation sites is 1. The molecule has 0 saturated heterocycles. The van der Waals surface area contributed by atoms with E-state index in [1.807, 2.05) is 0 Å². The molecular formula is C7H10N2O2. The van der Waals surface area contributed by atoms with Crippen LogP contribution in [0.5, 0.6) is 5.75 Å². The third kappa shape index (κ3) is 1.53. The summed E-state index contributed by atoms with van der Waals surface area (Å²) in [6.45, 7) is -0.248. The first-order chi connectivity index (χ1) is 5.25. The molecule has 11 heavy (non-hydrogen) atoms. The van der Waals surface area contributed by atoms with Crippen LogP contribution in [0.4, 0.5) is 11.4 Å². The van der Waals surface area contributed by atoms with Crippen LogP contribution < -0.4 is 11.1 Å². The van der Waals surface area contributed by atoms with E-state index >= 15 is 0 Å². The van der Waals surface area contributed by atoms with E-state index in [-0.39, 0.29) is 12.5 Å². The zero-order valence-electron chi connectivity index (χ0n) is 5.91. The standard InChI is InChI=1S/C7H10N2O2/c8-5-2-1-3-6(11)7(5)9-4-10/h1-3,9-11H,4,8H2. The van der Waals surface area contributed by atoms with Gasteiger partial charge in [-0.2, -0.15) is 0 Å². The Morgan fingerprint density at radius 2 is 2.18 bits per heavy atom. The molecule has 1 aromatic carbocycles. The molecule has 5 N–H and O–H groups in total. The summed E-state index contributed by atoms with van der Waals surface area (Å²) in [6, 6.07) is 4.76. The number of aromatic hydroxyl groups is 1. The number of nitrogens with two attached hydrogens (primary N) is 1. The molecule has 0 unspecified atom stereocenters. The van der Waals surface area contributed by atoms with Crippen LogP contribution in [-0.4, -0.2) is 16.9 Å². The number of hydrogen-bond acceptors (Lipinski definition) is 4. The monoisotopic (exact) mass is 154 g/mol. The van der Waals surface area contributed by atoms with E-state index in [2.05, 4.69) is 5.32 Å². The van der Waals surface area contributed by atoms with E-state index in [1.54, 1.807) is 12.1 Å². The highest BCUT2D eigenvalue weighted by Gasteiger charge is 2.01. The van der Waals surface area contributed by atoms with Crippen LogP contribution >= 0.6 is 0 Å². The molecule has 0 aromatic heterocycles. The molecule has 4 nitrogen and oxygen atoms in total. The maximum atomic E-state index is 9.17. The topological polar surface area (TPSA) is 78.5 Å². The molecule has 0 amide bonds. The molecule has 0 aliphatic carbocycles. The second-order valence-corrected chi connectivity index (χ2v) is 2.08.